The zero-order chi connectivity index (χ0) is 16.2. The highest BCUT2D eigenvalue weighted by molar-refractivity contribution is 7.99. The van der Waals surface area contributed by atoms with Crippen LogP contribution in [0, 0.1) is 0 Å². The number of anilines is 2. The molecule has 5 nitrogen and oxygen atoms in total. The number of hydrogen-bond donors (Lipinski definition) is 1. The van der Waals surface area contributed by atoms with Crippen molar-refractivity contribution >= 4 is 29.2 Å². The van der Waals surface area contributed by atoms with Crippen molar-refractivity contribution in [1.29, 1.82) is 0 Å². The maximum absolute atomic E-state index is 12.2. The number of carbonyl (C=O) groups excluding carboxylic acids is 1. The van der Waals surface area contributed by atoms with Gasteiger partial charge < -0.3 is 19.9 Å². The van der Waals surface area contributed by atoms with Crippen molar-refractivity contribution < 1.29 is 9.53 Å². The lowest BCUT2D eigenvalue weighted by Gasteiger charge is -2.37. The second-order valence-corrected chi connectivity index (χ2v) is 7.46. The summed E-state index contributed by atoms with van der Waals surface area (Å²) in [5, 5.41) is 2.99. The second-order valence-electron chi connectivity index (χ2n) is 6.24. The van der Waals surface area contributed by atoms with Gasteiger partial charge in [0, 0.05) is 49.1 Å². The molecule has 0 aromatic heterocycles. The monoisotopic (exact) mass is 335 g/mol. The van der Waals surface area contributed by atoms with E-state index >= 15 is 0 Å². The molecule has 2 heterocycles. The number of rotatable bonds is 2. The molecule has 0 spiro atoms. The van der Waals surface area contributed by atoms with Crippen molar-refractivity contribution in [1.82, 2.24) is 4.90 Å². The van der Waals surface area contributed by atoms with Crippen molar-refractivity contribution in [3.8, 4) is 0 Å². The average Bonchev–Trinajstić information content (AvgIpc) is 2.55. The number of benzene rings is 1. The van der Waals surface area contributed by atoms with Crippen LogP contribution in [0.5, 0.6) is 0 Å². The van der Waals surface area contributed by atoms with Crippen LogP contribution in [0.1, 0.15) is 13.8 Å². The number of nitrogens with zero attached hydrogens (tertiary/aromatic N) is 2. The molecule has 2 saturated heterocycles. The molecule has 1 aromatic rings. The summed E-state index contributed by atoms with van der Waals surface area (Å²) in [5.41, 5.74) is 2.03. The van der Waals surface area contributed by atoms with Gasteiger partial charge in [0.15, 0.2) is 0 Å². The van der Waals surface area contributed by atoms with Crippen molar-refractivity contribution in [2.45, 2.75) is 26.1 Å². The van der Waals surface area contributed by atoms with Gasteiger partial charge in [0.2, 0.25) is 0 Å². The Balaban J connectivity index is 1.59. The van der Waals surface area contributed by atoms with Gasteiger partial charge in [0.1, 0.15) is 0 Å². The first-order valence-corrected chi connectivity index (χ1v) is 9.41. The third-order valence-corrected chi connectivity index (χ3v) is 5.14. The van der Waals surface area contributed by atoms with E-state index in [2.05, 4.69) is 36.2 Å². The molecule has 0 bridgehead atoms. The minimum absolute atomic E-state index is 0.00617. The van der Waals surface area contributed by atoms with Gasteiger partial charge in [-0.25, -0.2) is 4.79 Å². The Morgan fingerprint density at radius 2 is 1.74 bits per heavy atom. The van der Waals surface area contributed by atoms with Gasteiger partial charge in [-0.15, -0.1) is 0 Å². The van der Waals surface area contributed by atoms with E-state index in [-0.39, 0.29) is 18.2 Å². The van der Waals surface area contributed by atoms with Gasteiger partial charge in [-0.05, 0) is 38.1 Å². The number of thioether (sulfide) groups is 1. The molecule has 0 aliphatic carbocycles. The minimum atomic E-state index is 0.00617. The molecule has 6 heteroatoms. The van der Waals surface area contributed by atoms with Gasteiger partial charge >= 0.3 is 6.03 Å². The predicted octanol–water partition coefficient (Wildman–Crippen LogP) is 2.88. The molecule has 0 saturated carbocycles. The summed E-state index contributed by atoms with van der Waals surface area (Å²) in [5.74, 6) is 2.06. The summed E-state index contributed by atoms with van der Waals surface area (Å²) in [7, 11) is 0. The maximum Gasteiger partial charge on any atom is 0.321 e. The lowest BCUT2D eigenvalue weighted by atomic mass is 10.2. The fraction of sp³-hybridized carbons (Fsp3) is 0.588. The minimum Gasteiger partial charge on any atom is -0.372 e. The van der Waals surface area contributed by atoms with Crippen LogP contribution < -0.4 is 10.2 Å². The Morgan fingerprint density at radius 3 is 2.35 bits per heavy atom. The number of nitrogens with one attached hydrogen (secondary N) is 1. The zero-order valence-electron chi connectivity index (χ0n) is 13.8. The van der Waals surface area contributed by atoms with E-state index in [4.69, 9.17) is 4.74 Å². The van der Waals surface area contributed by atoms with Gasteiger partial charge in [-0.1, -0.05) is 0 Å². The van der Waals surface area contributed by atoms with Gasteiger partial charge in [0.05, 0.1) is 12.2 Å². The Morgan fingerprint density at radius 1 is 1.13 bits per heavy atom. The summed E-state index contributed by atoms with van der Waals surface area (Å²) in [6, 6.07) is 8.12. The highest BCUT2D eigenvalue weighted by Crippen LogP contribution is 2.22. The molecule has 1 N–H and O–H groups in total. The van der Waals surface area contributed by atoms with Crippen LogP contribution in [0.2, 0.25) is 0 Å². The largest absolute Gasteiger partial charge is 0.372 e. The van der Waals surface area contributed by atoms with E-state index in [0.717, 1.165) is 43.4 Å². The van der Waals surface area contributed by atoms with Crippen LogP contribution in [0.15, 0.2) is 24.3 Å². The number of hydrogen-bond acceptors (Lipinski definition) is 4. The molecule has 2 unspecified atom stereocenters. The number of urea groups is 1. The van der Waals surface area contributed by atoms with E-state index in [9.17, 15) is 4.79 Å². The van der Waals surface area contributed by atoms with Crippen LogP contribution >= 0.6 is 11.8 Å². The lowest BCUT2D eigenvalue weighted by Crippen LogP contribution is -2.45. The van der Waals surface area contributed by atoms with E-state index < -0.39 is 0 Å². The number of carbonyl (C=O) groups is 1. The van der Waals surface area contributed by atoms with Crippen molar-refractivity contribution in [3.05, 3.63) is 24.3 Å². The molecule has 126 valence electrons. The quantitative estimate of drug-likeness (QED) is 0.903. The lowest BCUT2D eigenvalue weighted by molar-refractivity contribution is -0.00521. The molecule has 2 fully saturated rings. The van der Waals surface area contributed by atoms with E-state index in [1.165, 1.54) is 5.69 Å². The number of amides is 2. The Labute approximate surface area is 142 Å². The zero-order valence-corrected chi connectivity index (χ0v) is 14.6. The van der Waals surface area contributed by atoms with Crippen molar-refractivity contribution in [3.63, 3.8) is 0 Å². The fourth-order valence-corrected chi connectivity index (χ4v) is 4.02. The second kappa shape index (κ2) is 7.45. The third-order valence-electron chi connectivity index (χ3n) is 4.20. The highest BCUT2D eigenvalue weighted by Gasteiger charge is 2.22. The SMILES string of the molecule is CC1CN(c2ccc(NC(=O)N3CCSCC3)cc2)CC(C)O1. The normalized spacial score (nSPS) is 25.3. The molecule has 2 aliphatic rings. The van der Waals surface area contributed by atoms with Crippen LogP contribution in [-0.2, 0) is 4.74 Å². The van der Waals surface area contributed by atoms with E-state index in [1.54, 1.807) is 0 Å². The van der Waals surface area contributed by atoms with Crippen LogP contribution in [-0.4, -0.2) is 60.8 Å². The van der Waals surface area contributed by atoms with E-state index in [1.807, 2.05) is 28.8 Å². The molecule has 2 aliphatic heterocycles. The smallest absolute Gasteiger partial charge is 0.321 e. The topological polar surface area (TPSA) is 44.8 Å². The first-order chi connectivity index (χ1) is 11.1. The molecule has 2 atom stereocenters. The standard InChI is InChI=1S/C17H25N3O2S/c1-13-11-20(12-14(2)22-13)16-5-3-15(4-6-16)18-17(21)19-7-9-23-10-8-19/h3-6,13-14H,7-12H2,1-2H3,(H,18,21). The molecule has 23 heavy (non-hydrogen) atoms. The Hall–Kier alpha value is -1.40. The molecule has 3 rings (SSSR count). The fourth-order valence-electron chi connectivity index (χ4n) is 3.11. The summed E-state index contributed by atoms with van der Waals surface area (Å²) in [4.78, 5) is 16.4. The summed E-state index contributed by atoms with van der Waals surface area (Å²) in [6.07, 6.45) is 0.491. The Bertz CT molecular complexity index is 521. The van der Waals surface area contributed by atoms with Gasteiger partial charge in [-0.2, -0.15) is 11.8 Å². The first-order valence-electron chi connectivity index (χ1n) is 8.26. The molecule has 1 aromatic carbocycles. The molecular formula is C17H25N3O2S. The van der Waals surface area contributed by atoms with Crippen LogP contribution in [0.3, 0.4) is 0 Å². The predicted molar refractivity (Wildman–Crippen MR) is 96.6 cm³/mol. The summed E-state index contributed by atoms with van der Waals surface area (Å²) < 4.78 is 5.78. The van der Waals surface area contributed by atoms with Crippen molar-refractivity contribution in [2.24, 2.45) is 0 Å². The van der Waals surface area contributed by atoms with Crippen molar-refractivity contribution in [2.75, 3.05) is 47.9 Å². The number of ether oxygens (including phenoxy) is 1. The summed E-state index contributed by atoms with van der Waals surface area (Å²) >= 11 is 1.90. The van der Waals surface area contributed by atoms with Gasteiger partial charge in [-0.3, -0.25) is 0 Å². The summed E-state index contributed by atoms with van der Waals surface area (Å²) in [6.45, 7) is 7.68. The van der Waals surface area contributed by atoms with E-state index in [0.29, 0.717) is 0 Å². The average molecular weight is 335 g/mol. The number of morpholine rings is 1. The molecule has 0 radical (unpaired) electrons. The highest BCUT2D eigenvalue weighted by atomic mass is 32.2. The Kier molecular flexibility index (Phi) is 5.33. The van der Waals surface area contributed by atoms with Crippen LogP contribution in [0.25, 0.3) is 0 Å². The maximum atomic E-state index is 12.2. The molecule has 2 amide bonds. The van der Waals surface area contributed by atoms with Crippen LogP contribution in [0.4, 0.5) is 16.2 Å². The first kappa shape index (κ1) is 16.5. The molecular weight excluding hydrogens is 310 g/mol. The third kappa shape index (κ3) is 4.32. The van der Waals surface area contributed by atoms with Gasteiger partial charge in [0.25, 0.3) is 0 Å².